The summed E-state index contributed by atoms with van der Waals surface area (Å²) in [4.78, 5) is 15.6. The van der Waals surface area contributed by atoms with E-state index in [4.69, 9.17) is 4.74 Å². The van der Waals surface area contributed by atoms with Gasteiger partial charge in [0.1, 0.15) is 4.88 Å². The van der Waals surface area contributed by atoms with E-state index in [2.05, 4.69) is 11.8 Å². The zero-order valence-corrected chi connectivity index (χ0v) is 19.4. The quantitative estimate of drug-likeness (QED) is 0.415. The number of ether oxygens (including phenoxy) is 1. The van der Waals surface area contributed by atoms with Crippen molar-refractivity contribution in [2.45, 2.75) is 38.0 Å². The third-order valence-corrected chi connectivity index (χ3v) is 6.79. The smallest absolute Gasteiger partial charge is 0.348 e. The van der Waals surface area contributed by atoms with Crippen LogP contribution in [0, 0.1) is 0 Å². The van der Waals surface area contributed by atoms with Crippen LogP contribution < -0.4 is 0 Å². The maximum atomic E-state index is 11.7. The van der Waals surface area contributed by atoms with Gasteiger partial charge in [0.2, 0.25) is 0 Å². The van der Waals surface area contributed by atoms with Gasteiger partial charge in [0.15, 0.2) is 0 Å². The van der Waals surface area contributed by atoms with Crippen LogP contribution in [-0.2, 0) is 11.2 Å². The molecule has 2 aromatic carbocycles. The molecule has 170 valence electrons. The summed E-state index contributed by atoms with van der Waals surface area (Å²) in [5.41, 5.74) is 1.72. The minimum atomic E-state index is -0.644. The van der Waals surface area contributed by atoms with Gasteiger partial charge >= 0.3 is 5.97 Å². The van der Waals surface area contributed by atoms with Crippen LogP contribution in [-0.4, -0.2) is 47.3 Å². The molecule has 0 bridgehead atoms. The number of aliphatic hydroxyl groups excluding tert-OH is 2. The number of aliphatic hydroxyl groups is 2. The summed E-state index contributed by atoms with van der Waals surface area (Å²) in [6.07, 6.45) is 0.357. The third kappa shape index (κ3) is 6.74. The summed E-state index contributed by atoms with van der Waals surface area (Å²) in [5, 5.41) is 21.7. The lowest BCUT2D eigenvalue weighted by atomic mass is 10.0. The SMILES string of the molecule is COC(=O)c1ccc(CC[C@H](C)N(C[C@H](O)c2ccccc2)C[C@H](O)c2ccccc2)s1. The van der Waals surface area contributed by atoms with Gasteiger partial charge in [0.05, 0.1) is 19.3 Å². The van der Waals surface area contributed by atoms with Crippen molar-refractivity contribution in [3.63, 3.8) is 0 Å². The lowest BCUT2D eigenvalue weighted by Crippen LogP contribution is -2.39. The molecule has 0 radical (unpaired) electrons. The Hall–Kier alpha value is -2.51. The van der Waals surface area contributed by atoms with Gasteiger partial charge < -0.3 is 14.9 Å². The monoisotopic (exact) mass is 453 g/mol. The number of carbonyl (C=O) groups is 1. The highest BCUT2D eigenvalue weighted by molar-refractivity contribution is 7.13. The molecule has 6 heteroatoms. The molecule has 0 fully saturated rings. The second kappa shape index (κ2) is 11.9. The Morgan fingerprint density at radius 3 is 1.94 bits per heavy atom. The van der Waals surface area contributed by atoms with Crippen molar-refractivity contribution in [3.05, 3.63) is 93.7 Å². The van der Waals surface area contributed by atoms with Gasteiger partial charge in [-0.05, 0) is 43.0 Å². The third-order valence-electron chi connectivity index (χ3n) is 5.66. The van der Waals surface area contributed by atoms with E-state index in [0.717, 1.165) is 28.8 Å². The molecule has 0 amide bonds. The second-order valence-electron chi connectivity index (χ2n) is 7.95. The van der Waals surface area contributed by atoms with Crippen LogP contribution in [0.15, 0.2) is 72.8 Å². The summed E-state index contributed by atoms with van der Waals surface area (Å²) in [6.45, 7) is 2.96. The first-order valence-corrected chi connectivity index (χ1v) is 11.7. The van der Waals surface area contributed by atoms with Crippen LogP contribution >= 0.6 is 11.3 Å². The van der Waals surface area contributed by atoms with E-state index in [1.807, 2.05) is 66.7 Å². The molecule has 0 aliphatic rings. The fourth-order valence-corrected chi connectivity index (χ4v) is 4.64. The fraction of sp³-hybridized carbons (Fsp3) is 0.346. The van der Waals surface area contributed by atoms with E-state index in [1.54, 1.807) is 6.07 Å². The molecule has 0 aliphatic heterocycles. The van der Waals surface area contributed by atoms with Crippen LogP contribution in [0.2, 0.25) is 0 Å². The van der Waals surface area contributed by atoms with Crippen molar-refractivity contribution >= 4 is 17.3 Å². The Bertz CT molecular complexity index is 913. The molecule has 3 aromatic rings. The Labute approximate surface area is 193 Å². The van der Waals surface area contributed by atoms with Gasteiger partial charge in [-0.1, -0.05) is 60.7 Å². The number of hydrogen-bond donors (Lipinski definition) is 2. The van der Waals surface area contributed by atoms with E-state index in [0.29, 0.717) is 18.0 Å². The fourth-order valence-electron chi connectivity index (χ4n) is 3.70. The number of aryl methyl sites for hydroxylation is 1. The number of carbonyl (C=O) groups excluding carboxylic acids is 1. The van der Waals surface area contributed by atoms with Gasteiger partial charge in [-0.25, -0.2) is 4.79 Å². The van der Waals surface area contributed by atoms with E-state index < -0.39 is 12.2 Å². The van der Waals surface area contributed by atoms with Crippen LogP contribution in [0.3, 0.4) is 0 Å². The van der Waals surface area contributed by atoms with Crippen molar-refractivity contribution in [2.24, 2.45) is 0 Å². The van der Waals surface area contributed by atoms with Crippen LogP contribution in [0.25, 0.3) is 0 Å². The molecular formula is C26H31NO4S. The zero-order valence-electron chi connectivity index (χ0n) is 18.6. The summed E-state index contributed by atoms with van der Waals surface area (Å²) in [6, 6.07) is 23.1. The molecule has 2 N–H and O–H groups in total. The minimum Gasteiger partial charge on any atom is -0.465 e. The molecule has 32 heavy (non-hydrogen) atoms. The molecule has 0 spiro atoms. The van der Waals surface area contributed by atoms with E-state index in [1.165, 1.54) is 18.4 Å². The van der Waals surface area contributed by atoms with Crippen molar-refractivity contribution in [1.29, 1.82) is 0 Å². The van der Waals surface area contributed by atoms with Crippen LogP contribution in [0.1, 0.15) is 51.2 Å². The van der Waals surface area contributed by atoms with Crippen molar-refractivity contribution in [3.8, 4) is 0 Å². The van der Waals surface area contributed by atoms with Crippen LogP contribution in [0.5, 0.6) is 0 Å². The predicted octanol–water partition coefficient (Wildman–Crippen LogP) is 4.63. The van der Waals surface area contributed by atoms with Crippen molar-refractivity contribution < 1.29 is 19.7 Å². The maximum absolute atomic E-state index is 11.7. The van der Waals surface area contributed by atoms with Gasteiger partial charge in [-0.15, -0.1) is 11.3 Å². The first-order valence-electron chi connectivity index (χ1n) is 10.8. The largest absolute Gasteiger partial charge is 0.465 e. The molecule has 3 atom stereocenters. The molecule has 1 heterocycles. The van der Waals surface area contributed by atoms with Gasteiger partial charge in [0.25, 0.3) is 0 Å². The normalized spacial score (nSPS) is 14.2. The molecule has 1 aromatic heterocycles. The molecule has 3 rings (SSSR count). The molecule has 0 saturated carbocycles. The average molecular weight is 454 g/mol. The Morgan fingerprint density at radius 2 is 1.44 bits per heavy atom. The number of esters is 1. The maximum Gasteiger partial charge on any atom is 0.348 e. The number of rotatable bonds is 11. The Balaban J connectivity index is 1.68. The van der Waals surface area contributed by atoms with E-state index >= 15 is 0 Å². The molecule has 5 nitrogen and oxygen atoms in total. The first kappa shape index (κ1) is 24.1. The summed E-state index contributed by atoms with van der Waals surface area (Å²) in [7, 11) is 1.39. The molecule has 0 aliphatic carbocycles. The first-order chi connectivity index (χ1) is 15.5. The molecule has 0 saturated heterocycles. The highest BCUT2D eigenvalue weighted by atomic mass is 32.1. The second-order valence-corrected chi connectivity index (χ2v) is 9.12. The van der Waals surface area contributed by atoms with Crippen molar-refractivity contribution in [1.82, 2.24) is 4.90 Å². The topological polar surface area (TPSA) is 70.0 Å². The van der Waals surface area contributed by atoms with Gasteiger partial charge in [-0.3, -0.25) is 4.90 Å². The van der Waals surface area contributed by atoms with Gasteiger partial charge in [-0.2, -0.15) is 0 Å². The zero-order chi connectivity index (χ0) is 22.9. The Morgan fingerprint density at radius 1 is 0.906 bits per heavy atom. The minimum absolute atomic E-state index is 0.121. The summed E-state index contributed by atoms with van der Waals surface area (Å²) < 4.78 is 4.79. The highest BCUT2D eigenvalue weighted by Crippen LogP contribution is 2.24. The number of methoxy groups -OCH3 is 1. The lowest BCUT2D eigenvalue weighted by molar-refractivity contribution is 0.0461. The molecular weight excluding hydrogens is 422 g/mol. The number of benzene rings is 2. The number of nitrogens with zero attached hydrogens (tertiary/aromatic N) is 1. The van der Waals surface area contributed by atoms with Crippen molar-refractivity contribution in [2.75, 3.05) is 20.2 Å². The standard InChI is InChI=1S/C26H31NO4S/c1-19(13-14-22-15-16-25(32-22)26(30)31-2)27(17-23(28)20-9-5-3-6-10-20)18-24(29)21-11-7-4-8-12-21/h3-12,15-16,19,23-24,28-29H,13-14,17-18H2,1-2H3/t19-,23-,24-/m0/s1. The molecule has 0 unspecified atom stereocenters. The number of hydrogen-bond acceptors (Lipinski definition) is 6. The highest BCUT2D eigenvalue weighted by Gasteiger charge is 2.22. The van der Waals surface area contributed by atoms with E-state index in [9.17, 15) is 15.0 Å². The van der Waals surface area contributed by atoms with Crippen LogP contribution in [0.4, 0.5) is 0 Å². The summed E-state index contributed by atoms with van der Waals surface area (Å²) >= 11 is 1.45. The average Bonchev–Trinajstić information content (AvgIpc) is 3.31. The Kier molecular flexibility index (Phi) is 9.00. The lowest BCUT2D eigenvalue weighted by Gasteiger charge is -2.33. The van der Waals surface area contributed by atoms with E-state index in [-0.39, 0.29) is 12.0 Å². The predicted molar refractivity (Wildman–Crippen MR) is 128 cm³/mol. The number of thiophene rings is 1. The van der Waals surface area contributed by atoms with Gasteiger partial charge in [0, 0.05) is 24.0 Å². The summed E-state index contributed by atoms with van der Waals surface area (Å²) in [5.74, 6) is -0.312.